The zero-order chi connectivity index (χ0) is 7.84. The minimum atomic E-state index is 0. The third-order valence-corrected chi connectivity index (χ3v) is 2.57. The van der Waals surface area contributed by atoms with E-state index < -0.39 is 0 Å². The van der Waals surface area contributed by atoms with Gasteiger partial charge < -0.3 is 0 Å². The number of nitrogens with one attached hydrogen (secondary N) is 1. The van der Waals surface area contributed by atoms with Gasteiger partial charge in [0, 0.05) is 9.86 Å². The van der Waals surface area contributed by atoms with E-state index in [9.17, 15) is 0 Å². The first-order valence-electron chi connectivity index (χ1n) is 3.36. The second kappa shape index (κ2) is 3.46. The molecule has 1 aromatic heterocycles. The van der Waals surface area contributed by atoms with Crippen LogP contribution in [-0.2, 0) is 0 Å². The molecule has 2 aromatic rings. The standard InChI is InChI=1S/C8H7BrN2.ClH/c1-5-2-6-4-10-11-8(6)3-7(5)9;/h2-4H,1H3,(H,10,11);1H. The SMILES string of the molecule is Cc1cc2cn[nH]c2cc1Br.Cl. The first-order valence-corrected chi connectivity index (χ1v) is 4.16. The summed E-state index contributed by atoms with van der Waals surface area (Å²) >= 11 is 3.45. The summed E-state index contributed by atoms with van der Waals surface area (Å²) < 4.78 is 1.12. The Kier molecular flexibility index (Phi) is 2.75. The van der Waals surface area contributed by atoms with E-state index in [0.29, 0.717) is 0 Å². The molecular weight excluding hydrogens is 239 g/mol. The predicted octanol–water partition coefficient (Wildman–Crippen LogP) is 3.06. The fourth-order valence-corrected chi connectivity index (χ4v) is 1.42. The number of hydrogen-bond acceptors (Lipinski definition) is 1. The highest BCUT2D eigenvalue weighted by Gasteiger charge is 1.98. The Hall–Kier alpha value is -0.540. The number of halogens is 2. The first kappa shape index (κ1) is 9.55. The van der Waals surface area contributed by atoms with Crippen LogP contribution in [0.25, 0.3) is 10.9 Å². The number of aromatic amines is 1. The fraction of sp³-hybridized carbons (Fsp3) is 0.125. The summed E-state index contributed by atoms with van der Waals surface area (Å²) in [6.45, 7) is 2.07. The van der Waals surface area contributed by atoms with Crippen LogP contribution < -0.4 is 0 Å². The molecule has 0 saturated carbocycles. The molecule has 0 bridgehead atoms. The van der Waals surface area contributed by atoms with Gasteiger partial charge in [-0.2, -0.15) is 5.10 Å². The van der Waals surface area contributed by atoms with Gasteiger partial charge in [0.1, 0.15) is 0 Å². The molecule has 2 nitrogen and oxygen atoms in total. The van der Waals surface area contributed by atoms with Gasteiger partial charge in [0.05, 0.1) is 11.7 Å². The molecule has 4 heteroatoms. The van der Waals surface area contributed by atoms with Crippen LogP contribution in [-0.4, -0.2) is 10.2 Å². The molecule has 1 N–H and O–H groups in total. The summed E-state index contributed by atoms with van der Waals surface area (Å²) in [4.78, 5) is 0. The third kappa shape index (κ3) is 1.47. The molecule has 64 valence electrons. The molecule has 0 spiro atoms. The summed E-state index contributed by atoms with van der Waals surface area (Å²) in [7, 11) is 0. The van der Waals surface area contributed by atoms with E-state index in [0.717, 1.165) is 15.4 Å². The highest BCUT2D eigenvalue weighted by molar-refractivity contribution is 9.10. The van der Waals surface area contributed by atoms with Crippen LogP contribution in [0.15, 0.2) is 22.8 Å². The minimum absolute atomic E-state index is 0. The molecule has 0 unspecified atom stereocenters. The van der Waals surface area contributed by atoms with Crippen LogP contribution >= 0.6 is 28.3 Å². The molecule has 1 aromatic carbocycles. The van der Waals surface area contributed by atoms with Crippen molar-refractivity contribution in [3.63, 3.8) is 0 Å². The minimum Gasteiger partial charge on any atom is -0.278 e. The lowest BCUT2D eigenvalue weighted by Gasteiger charge is -1.95. The van der Waals surface area contributed by atoms with E-state index in [1.807, 2.05) is 12.3 Å². The first-order chi connectivity index (χ1) is 5.27. The Balaban J connectivity index is 0.000000720. The van der Waals surface area contributed by atoms with Crippen molar-refractivity contribution in [3.8, 4) is 0 Å². The smallest absolute Gasteiger partial charge is 0.0661 e. The van der Waals surface area contributed by atoms with Crippen LogP contribution in [0.4, 0.5) is 0 Å². The number of rotatable bonds is 0. The predicted molar refractivity (Wildman–Crippen MR) is 55.8 cm³/mol. The second-order valence-corrected chi connectivity index (χ2v) is 3.41. The van der Waals surface area contributed by atoms with Crippen molar-refractivity contribution in [2.24, 2.45) is 0 Å². The number of H-pyrrole nitrogens is 1. The van der Waals surface area contributed by atoms with Gasteiger partial charge in [0.15, 0.2) is 0 Å². The highest BCUT2D eigenvalue weighted by atomic mass is 79.9. The Morgan fingerprint density at radius 1 is 1.42 bits per heavy atom. The van der Waals surface area contributed by atoms with Crippen LogP contribution in [0, 0.1) is 6.92 Å². The molecule has 2 rings (SSSR count). The van der Waals surface area contributed by atoms with Crippen molar-refractivity contribution in [2.45, 2.75) is 6.92 Å². The third-order valence-electron chi connectivity index (χ3n) is 1.72. The average molecular weight is 248 g/mol. The van der Waals surface area contributed by atoms with E-state index >= 15 is 0 Å². The van der Waals surface area contributed by atoms with Gasteiger partial charge in [-0.25, -0.2) is 0 Å². The van der Waals surface area contributed by atoms with Crippen molar-refractivity contribution >= 4 is 39.2 Å². The number of aromatic nitrogens is 2. The van der Waals surface area contributed by atoms with Gasteiger partial charge in [-0.3, -0.25) is 5.10 Å². The topological polar surface area (TPSA) is 28.7 Å². The fourth-order valence-electron chi connectivity index (χ4n) is 1.08. The maximum atomic E-state index is 3.94. The maximum Gasteiger partial charge on any atom is 0.0661 e. The van der Waals surface area contributed by atoms with E-state index in [1.165, 1.54) is 5.56 Å². The van der Waals surface area contributed by atoms with Gasteiger partial charge in [-0.1, -0.05) is 15.9 Å². The van der Waals surface area contributed by atoms with Crippen LogP contribution in [0.2, 0.25) is 0 Å². The molecule has 0 fully saturated rings. The maximum absolute atomic E-state index is 3.94. The van der Waals surface area contributed by atoms with Crippen molar-refractivity contribution in [1.29, 1.82) is 0 Å². The van der Waals surface area contributed by atoms with Crippen LogP contribution in [0.1, 0.15) is 5.56 Å². The monoisotopic (exact) mass is 246 g/mol. The van der Waals surface area contributed by atoms with E-state index in [4.69, 9.17) is 0 Å². The lowest BCUT2D eigenvalue weighted by atomic mass is 10.2. The molecule has 0 aliphatic heterocycles. The van der Waals surface area contributed by atoms with Gasteiger partial charge in [0.2, 0.25) is 0 Å². The van der Waals surface area contributed by atoms with Crippen LogP contribution in [0.3, 0.4) is 0 Å². The summed E-state index contributed by atoms with van der Waals surface area (Å²) in [5.41, 5.74) is 2.31. The van der Waals surface area contributed by atoms with Crippen molar-refractivity contribution in [3.05, 3.63) is 28.4 Å². The molecule has 0 amide bonds. The van der Waals surface area contributed by atoms with Gasteiger partial charge in [-0.05, 0) is 24.6 Å². The summed E-state index contributed by atoms with van der Waals surface area (Å²) in [5, 5.41) is 8.00. The zero-order valence-electron chi connectivity index (χ0n) is 6.47. The van der Waals surface area contributed by atoms with Gasteiger partial charge in [-0.15, -0.1) is 12.4 Å². The summed E-state index contributed by atoms with van der Waals surface area (Å²) in [5.74, 6) is 0. The normalized spacial score (nSPS) is 9.83. The Morgan fingerprint density at radius 3 is 2.92 bits per heavy atom. The Labute approximate surface area is 84.9 Å². The molecule has 0 atom stereocenters. The number of fused-ring (bicyclic) bond motifs is 1. The lowest BCUT2D eigenvalue weighted by Crippen LogP contribution is -1.75. The molecule has 0 saturated heterocycles. The van der Waals surface area contributed by atoms with E-state index in [1.54, 1.807) is 0 Å². The summed E-state index contributed by atoms with van der Waals surface area (Å²) in [6.07, 6.45) is 1.83. The van der Waals surface area contributed by atoms with Crippen molar-refractivity contribution in [1.82, 2.24) is 10.2 Å². The lowest BCUT2D eigenvalue weighted by molar-refractivity contribution is 1.12. The number of benzene rings is 1. The zero-order valence-corrected chi connectivity index (χ0v) is 8.87. The molecule has 0 radical (unpaired) electrons. The van der Waals surface area contributed by atoms with Crippen molar-refractivity contribution in [2.75, 3.05) is 0 Å². The molecular formula is C8H8BrClN2. The molecule has 0 aliphatic rings. The van der Waals surface area contributed by atoms with Crippen LogP contribution in [0.5, 0.6) is 0 Å². The number of hydrogen-bond donors (Lipinski definition) is 1. The van der Waals surface area contributed by atoms with E-state index in [-0.39, 0.29) is 12.4 Å². The van der Waals surface area contributed by atoms with Crippen molar-refractivity contribution < 1.29 is 0 Å². The Morgan fingerprint density at radius 2 is 2.17 bits per heavy atom. The molecule has 1 heterocycles. The van der Waals surface area contributed by atoms with E-state index in [2.05, 4.69) is 39.1 Å². The molecule has 0 aliphatic carbocycles. The Bertz CT molecular complexity index is 361. The quantitative estimate of drug-likeness (QED) is 0.761. The summed E-state index contributed by atoms with van der Waals surface area (Å²) in [6, 6.07) is 4.14. The number of nitrogens with zero attached hydrogens (tertiary/aromatic N) is 1. The largest absolute Gasteiger partial charge is 0.278 e. The molecule has 12 heavy (non-hydrogen) atoms. The van der Waals surface area contributed by atoms with Gasteiger partial charge in [0.25, 0.3) is 0 Å². The number of aryl methyl sites for hydroxylation is 1. The van der Waals surface area contributed by atoms with Gasteiger partial charge >= 0.3 is 0 Å². The second-order valence-electron chi connectivity index (χ2n) is 2.56. The highest BCUT2D eigenvalue weighted by Crippen LogP contribution is 2.21. The average Bonchev–Trinajstić information content (AvgIpc) is 2.36.